The molecule has 1 aromatic heterocycles. The van der Waals surface area contributed by atoms with Gasteiger partial charge in [0.2, 0.25) is 0 Å². The average Bonchev–Trinajstić information content (AvgIpc) is 3.05. The zero-order valence-electron chi connectivity index (χ0n) is 9.78. The molecule has 0 radical (unpaired) electrons. The normalized spacial score (nSPS) is 17.5. The number of hydrogen-bond donors (Lipinski definition) is 1. The third-order valence-electron chi connectivity index (χ3n) is 3.05. The van der Waals surface area contributed by atoms with E-state index >= 15 is 0 Å². The fourth-order valence-electron chi connectivity index (χ4n) is 1.94. The minimum absolute atomic E-state index is 0.609. The number of rotatable bonds is 5. The molecule has 1 saturated carbocycles. The lowest BCUT2D eigenvalue weighted by molar-refractivity contribution is 0.276. The van der Waals surface area contributed by atoms with E-state index in [4.69, 9.17) is 11.6 Å². The molecule has 16 heavy (non-hydrogen) atoms. The van der Waals surface area contributed by atoms with Crippen molar-refractivity contribution in [3.63, 3.8) is 0 Å². The summed E-state index contributed by atoms with van der Waals surface area (Å²) in [6, 6.07) is 4.39. The summed E-state index contributed by atoms with van der Waals surface area (Å²) in [5.74, 6) is 1.76. The van der Waals surface area contributed by atoms with Gasteiger partial charge in [-0.2, -0.15) is 0 Å². The first-order valence-corrected chi connectivity index (χ1v) is 6.06. The van der Waals surface area contributed by atoms with Gasteiger partial charge in [-0.1, -0.05) is 11.6 Å². The Kier molecular flexibility index (Phi) is 3.66. The average molecular weight is 240 g/mol. The molecule has 1 atom stereocenters. The Hall–Kier alpha value is -0.800. The fourth-order valence-corrected chi connectivity index (χ4v) is 2.05. The summed E-state index contributed by atoms with van der Waals surface area (Å²) < 4.78 is 0. The summed E-state index contributed by atoms with van der Waals surface area (Å²) in [6.07, 6.45) is 4.39. The first kappa shape index (κ1) is 11.7. The van der Waals surface area contributed by atoms with Crippen molar-refractivity contribution in [2.75, 3.05) is 26.0 Å². The van der Waals surface area contributed by atoms with Crippen LogP contribution in [0.25, 0.3) is 0 Å². The number of pyridine rings is 1. The number of nitrogens with one attached hydrogen (secondary N) is 1. The van der Waals surface area contributed by atoms with Gasteiger partial charge in [-0.3, -0.25) is 0 Å². The molecule has 0 spiro atoms. The molecule has 1 aliphatic carbocycles. The van der Waals surface area contributed by atoms with Gasteiger partial charge in [0.05, 0.1) is 5.02 Å². The Morgan fingerprint density at radius 3 is 2.75 bits per heavy atom. The zero-order chi connectivity index (χ0) is 11.5. The van der Waals surface area contributed by atoms with Gasteiger partial charge in [0.1, 0.15) is 5.82 Å². The maximum Gasteiger partial charge on any atom is 0.126 e. The van der Waals surface area contributed by atoms with Crippen molar-refractivity contribution in [1.82, 2.24) is 9.88 Å². The number of nitrogens with zero attached hydrogens (tertiary/aromatic N) is 2. The lowest BCUT2D eigenvalue weighted by Gasteiger charge is -2.24. The molecule has 1 aromatic rings. The molecule has 88 valence electrons. The van der Waals surface area contributed by atoms with Gasteiger partial charge in [-0.15, -0.1) is 0 Å². The van der Waals surface area contributed by atoms with E-state index in [-0.39, 0.29) is 0 Å². The second-order valence-electron chi connectivity index (χ2n) is 4.61. The van der Waals surface area contributed by atoms with E-state index in [0.717, 1.165) is 18.3 Å². The molecule has 0 saturated heterocycles. The van der Waals surface area contributed by atoms with Crippen LogP contribution < -0.4 is 5.32 Å². The third kappa shape index (κ3) is 3.09. The van der Waals surface area contributed by atoms with Crippen LogP contribution in [0, 0.1) is 5.92 Å². The molecule has 1 N–H and O–H groups in total. The number of halogens is 1. The van der Waals surface area contributed by atoms with E-state index in [9.17, 15) is 0 Å². The highest BCUT2D eigenvalue weighted by Crippen LogP contribution is 2.34. The molecule has 0 aliphatic heterocycles. The van der Waals surface area contributed by atoms with Crippen molar-refractivity contribution in [3.05, 3.63) is 23.4 Å². The molecule has 3 nitrogen and oxygen atoms in total. The Morgan fingerprint density at radius 2 is 2.25 bits per heavy atom. The van der Waals surface area contributed by atoms with Crippen LogP contribution in [-0.4, -0.2) is 36.6 Å². The first-order chi connectivity index (χ1) is 7.66. The molecule has 0 amide bonds. The Morgan fingerprint density at radius 1 is 1.50 bits per heavy atom. The van der Waals surface area contributed by atoms with Crippen LogP contribution in [0.5, 0.6) is 0 Å². The second kappa shape index (κ2) is 5.02. The summed E-state index contributed by atoms with van der Waals surface area (Å²) in [6.45, 7) is 0.951. The molecular formula is C12H18ClN3. The summed E-state index contributed by atoms with van der Waals surface area (Å²) in [7, 11) is 4.28. The maximum atomic E-state index is 5.79. The molecule has 2 rings (SSSR count). The Balaban J connectivity index is 1.87. The van der Waals surface area contributed by atoms with Gasteiger partial charge in [-0.05, 0) is 45.0 Å². The smallest absolute Gasteiger partial charge is 0.126 e. The number of likely N-dealkylation sites (N-methyl/N-ethyl adjacent to an activating group) is 1. The van der Waals surface area contributed by atoms with Crippen LogP contribution in [0.4, 0.5) is 5.82 Å². The summed E-state index contributed by atoms with van der Waals surface area (Å²) in [5, 5.41) is 4.04. The second-order valence-corrected chi connectivity index (χ2v) is 5.05. The molecule has 1 heterocycles. The van der Waals surface area contributed by atoms with Gasteiger partial charge in [0, 0.05) is 18.8 Å². The Bertz CT molecular complexity index is 331. The maximum absolute atomic E-state index is 5.79. The summed E-state index contributed by atoms with van der Waals surface area (Å²) >= 11 is 5.79. The van der Waals surface area contributed by atoms with Crippen LogP contribution in [0.2, 0.25) is 5.02 Å². The van der Waals surface area contributed by atoms with Crippen molar-refractivity contribution in [1.29, 1.82) is 0 Å². The van der Waals surface area contributed by atoms with Gasteiger partial charge in [0.15, 0.2) is 0 Å². The predicted octanol–water partition coefficient (Wildman–Crippen LogP) is 2.49. The lowest BCUT2D eigenvalue weighted by Crippen LogP contribution is -2.36. The van der Waals surface area contributed by atoms with Crippen molar-refractivity contribution in [2.24, 2.45) is 5.92 Å². The van der Waals surface area contributed by atoms with Crippen molar-refractivity contribution in [3.8, 4) is 0 Å². The van der Waals surface area contributed by atoms with E-state index < -0.39 is 0 Å². The van der Waals surface area contributed by atoms with Crippen molar-refractivity contribution < 1.29 is 0 Å². The number of hydrogen-bond acceptors (Lipinski definition) is 3. The monoisotopic (exact) mass is 239 g/mol. The summed E-state index contributed by atoms with van der Waals surface area (Å²) in [4.78, 5) is 6.52. The molecule has 0 unspecified atom stereocenters. The quantitative estimate of drug-likeness (QED) is 0.856. The van der Waals surface area contributed by atoms with Crippen molar-refractivity contribution >= 4 is 17.4 Å². The van der Waals surface area contributed by atoms with Gasteiger partial charge in [0.25, 0.3) is 0 Å². The molecule has 4 heteroatoms. The summed E-state index contributed by atoms with van der Waals surface area (Å²) in [5.41, 5.74) is 0. The molecule has 0 bridgehead atoms. The number of aromatic nitrogens is 1. The van der Waals surface area contributed by atoms with Crippen LogP contribution in [-0.2, 0) is 0 Å². The highest BCUT2D eigenvalue weighted by Gasteiger charge is 2.32. The molecule has 1 aliphatic rings. The van der Waals surface area contributed by atoms with E-state index in [0.29, 0.717) is 11.1 Å². The van der Waals surface area contributed by atoms with E-state index in [1.165, 1.54) is 12.8 Å². The number of anilines is 1. The lowest BCUT2D eigenvalue weighted by atomic mass is 10.1. The van der Waals surface area contributed by atoms with Crippen LogP contribution >= 0.6 is 11.6 Å². The molecule has 1 fully saturated rings. The SMILES string of the molecule is CN(C)[C@H](CNc1ccc(Cl)cn1)C1CC1. The highest BCUT2D eigenvalue weighted by molar-refractivity contribution is 6.30. The zero-order valence-corrected chi connectivity index (χ0v) is 10.5. The van der Waals surface area contributed by atoms with Gasteiger partial charge >= 0.3 is 0 Å². The fraction of sp³-hybridized carbons (Fsp3) is 0.583. The Labute approximate surface area is 102 Å². The van der Waals surface area contributed by atoms with E-state index in [1.807, 2.05) is 12.1 Å². The van der Waals surface area contributed by atoms with Crippen molar-refractivity contribution in [2.45, 2.75) is 18.9 Å². The topological polar surface area (TPSA) is 28.2 Å². The molecule has 0 aromatic carbocycles. The third-order valence-corrected chi connectivity index (χ3v) is 3.27. The minimum Gasteiger partial charge on any atom is -0.368 e. The molecular weight excluding hydrogens is 222 g/mol. The van der Waals surface area contributed by atoms with E-state index in [1.54, 1.807) is 6.20 Å². The first-order valence-electron chi connectivity index (χ1n) is 5.68. The van der Waals surface area contributed by atoms with Gasteiger partial charge in [-0.25, -0.2) is 4.98 Å². The highest BCUT2D eigenvalue weighted by atomic mass is 35.5. The standard InChI is InChI=1S/C12H18ClN3/c1-16(2)11(9-3-4-9)8-15-12-6-5-10(13)7-14-12/h5-7,9,11H,3-4,8H2,1-2H3,(H,14,15)/t11-/m1/s1. The van der Waals surface area contributed by atoms with Crippen LogP contribution in [0.15, 0.2) is 18.3 Å². The van der Waals surface area contributed by atoms with Crippen LogP contribution in [0.3, 0.4) is 0 Å². The van der Waals surface area contributed by atoms with Crippen LogP contribution in [0.1, 0.15) is 12.8 Å². The van der Waals surface area contributed by atoms with Gasteiger partial charge < -0.3 is 10.2 Å². The predicted molar refractivity (Wildman–Crippen MR) is 67.9 cm³/mol. The largest absolute Gasteiger partial charge is 0.368 e. The van der Waals surface area contributed by atoms with E-state index in [2.05, 4.69) is 29.3 Å². The minimum atomic E-state index is 0.609.